The minimum Gasteiger partial charge on any atom is -0.481 e. The lowest BCUT2D eigenvalue weighted by atomic mass is 10.1. The minimum absolute atomic E-state index is 0.00712. The molecule has 0 aliphatic carbocycles. The largest absolute Gasteiger partial charge is 0.481 e. The third-order valence-corrected chi connectivity index (χ3v) is 5.61. The molecule has 2 heterocycles. The van der Waals surface area contributed by atoms with Crippen molar-refractivity contribution in [3.05, 3.63) is 47.7 Å². The third-order valence-electron chi connectivity index (χ3n) is 5.61. The second-order valence-corrected chi connectivity index (χ2v) is 8.10. The lowest BCUT2D eigenvalue weighted by molar-refractivity contribution is -0.166. The summed E-state index contributed by atoms with van der Waals surface area (Å²) in [6.07, 6.45) is 2.39. The smallest absolute Gasteiger partial charge is 0.305 e. The van der Waals surface area contributed by atoms with Crippen molar-refractivity contribution in [2.24, 2.45) is 0 Å². The highest BCUT2D eigenvalue weighted by Crippen LogP contribution is 2.24. The molecular weight excluding hydrogens is 460 g/mol. The maximum absolute atomic E-state index is 13.4. The number of Topliss-reactive ketones (excluding diaryl/α,β-unsaturated/α-hetero) is 1. The number of carbonyl (C=O) groups is 7. The van der Waals surface area contributed by atoms with Gasteiger partial charge in [-0.2, -0.15) is 0 Å². The third kappa shape index (κ3) is 5.78. The van der Waals surface area contributed by atoms with Gasteiger partial charge in [-0.05, 0) is 31.9 Å². The molecular formula is C23H24N4O8. The predicted molar refractivity (Wildman–Crippen MR) is 118 cm³/mol. The van der Waals surface area contributed by atoms with E-state index in [1.165, 1.54) is 43.5 Å². The Balaban J connectivity index is 1.81. The summed E-state index contributed by atoms with van der Waals surface area (Å²) >= 11 is 0. The van der Waals surface area contributed by atoms with E-state index in [0.717, 1.165) is 10.0 Å². The van der Waals surface area contributed by atoms with Gasteiger partial charge in [0, 0.05) is 23.7 Å². The van der Waals surface area contributed by atoms with Gasteiger partial charge >= 0.3 is 5.97 Å². The molecule has 0 unspecified atom stereocenters. The maximum Gasteiger partial charge on any atom is 0.305 e. The molecule has 3 N–H and O–H groups in total. The molecule has 12 nitrogen and oxygen atoms in total. The van der Waals surface area contributed by atoms with Gasteiger partial charge in [0.2, 0.25) is 11.8 Å². The number of ketones is 1. The molecule has 4 amide bonds. The Morgan fingerprint density at radius 3 is 2.40 bits per heavy atom. The van der Waals surface area contributed by atoms with E-state index in [2.05, 4.69) is 10.6 Å². The van der Waals surface area contributed by atoms with Gasteiger partial charge in [0.1, 0.15) is 18.4 Å². The van der Waals surface area contributed by atoms with E-state index in [-0.39, 0.29) is 36.9 Å². The zero-order valence-corrected chi connectivity index (χ0v) is 18.8. The highest BCUT2D eigenvalue weighted by molar-refractivity contribution is 6.01. The van der Waals surface area contributed by atoms with Crippen LogP contribution in [0.15, 0.2) is 36.5 Å². The molecule has 2 aliphatic heterocycles. The van der Waals surface area contributed by atoms with Crippen LogP contribution < -0.4 is 10.6 Å². The number of hydrogen-bond donors (Lipinski definition) is 3. The Labute approximate surface area is 199 Å². The second kappa shape index (κ2) is 10.7. The number of carboxylic acids is 1. The fraction of sp³-hybridized carbons (Fsp3) is 0.348. The monoisotopic (exact) mass is 484 g/mol. The molecule has 2 aliphatic rings. The number of aliphatic carboxylic acids is 1. The first-order valence-electron chi connectivity index (χ1n) is 10.8. The summed E-state index contributed by atoms with van der Waals surface area (Å²) in [5.41, 5.74) is 0.615. The number of aldehydes is 1. The van der Waals surface area contributed by atoms with E-state index >= 15 is 0 Å². The number of rotatable bonds is 8. The lowest BCUT2D eigenvalue weighted by Gasteiger charge is -2.39. The number of hydrazine groups is 1. The molecule has 1 saturated heterocycles. The Kier molecular flexibility index (Phi) is 7.74. The van der Waals surface area contributed by atoms with Gasteiger partial charge in [0.25, 0.3) is 11.8 Å². The summed E-state index contributed by atoms with van der Waals surface area (Å²) in [5.74, 6) is -4.08. The van der Waals surface area contributed by atoms with Crippen molar-refractivity contribution in [1.82, 2.24) is 20.7 Å². The Bertz CT molecular complexity index is 1100. The number of amides is 4. The van der Waals surface area contributed by atoms with Crippen molar-refractivity contribution in [1.29, 1.82) is 0 Å². The molecule has 0 radical (unpaired) electrons. The van der Waals surface area contributed by atoms with Gasteiger partial charge in [0.05, 0.1) is 12.5 Å². The molecule has 3 rings (SSSR count). The molecule has 0 bridgehead atoms. The van der Waals surface area contributed by atoms with Crippen LogP contribution in [-0.2, 0) is 24.0 Å². The molecule has 184 valence electrons. The average molecular weight is 484 g/mol. The quantitative estimate of drug-likeness (QED) is 0.336. The zero-order valence-electron chi connectivity index (χ0n) is 18.8. The number of carboxylic acid groups (broad SMARTS) is 1. The first-order chi connectivity index (χ1) is 16.6. The van der Waals surface area contributed by atoms with Gasteiger partial charge < -0.3 is 20.5 Å². The first kappa shape index (κ1) is 25.3. The highest BCUT2D eigenvalue weighted by Gasteiger charge is 2.43. The van der Waals surface area contributed by atoms with Crippen LogP contribution in [0.1, 0.15) is 53.3 Å². The van der Waals surface area contributed by atoms with Crippen molar-refractivity contribution in [3.8, 4) is 0 Å². The zero-order chi connectivity index (χ0) is 25.7. The SMILES string of the molecule is CC(=O)c1ccc(C(=O)N[C@H]2CCC(=O)N3C=CC[C@@H](C(=O)N[C@H](C=O)CC(=O)O)N3C2=O)cc1. The van der Waals surface area contributed by atoms with E-state index in [9.17, 15) is 33.6 Å². The van der Waals surface area contributed by atoms with Crippen LogP contribution in [0.4, 0.5) is 0 Å². The van der Waals surface area contributed by atoms with Crippen LogP contribution in [0.25, 0.3) is 0 Å². The van der Waals surface area contributed by atoms with E-state index in [4.69, 9.17) is 5.11 Å². The first-order valence-corrected chi connectivity index (χ1v) is 10.8. The fourth-order valence-electron chi connectivity index (χ4n) is 3.79. The molecule has 0 saturated carbocycles. The number of hydrogen-bond acceptors (Lipinski definition) is 7. The second-order valence-electron chi connectivity index (χ2n) is 8.10. The number of nitrogens with zero attached hydrogens (tertiary/aromatic N) is 2. The van der Waals surface area contributed by atoms with Crippen LogP contribution in [0, 0.1) is 0 Å². The summed E-state index contributed by atoms with van der Waals surface area (Å²) in [6, 6.07) is 2.15. The predicted octanol–water partition coefficient (Wildman–Crippen LogP) is -0.202. The Hall–Kier alpha value is -4.35. The summed E-state index contributed by atoms with van der Waals surface area (Å²) in [7, 11) is 0. The standard InChI is InChI=1S/C23H24N4O8/c1-13(29)14-4-6-15(7-5-14)21(33)25-17-8-9-19(30)26-10-2-3-18(27(26)23(17)35)22(34)24-16(12-28)11-20(31)32/h2,4-7,10,12,16-18H,3,8-9,11H2,1H3,(H,24,34)(H,25,33)(H,31,32)/t16-,17-,18-/m0/s1. The molecule has 1 fully saturated rings. The van der Waals surface area contributed by atoms with Crippen molar-refractivity contribution < 1.29 is 38.7 Å². The van der Waals surface area contributed by atoms with E-state index in [0.29, 0.717) is 5.56 Å². The van der Waals surface area contributed by atoms with Crippen LogP contribution >= 0.6 is 0 Å². The molecule has 0 spiro atoms. The molecule has 0 aromatic heterocycles. The number of nitrogens with one attached hydrogen (secondary N) is 2. The van der Waals surface area contributed by atoms with Crippen LogP contribution in [0.2, 0.25) is 0 Å². The average Bonchev–Trinajstić information content (AvgIpc) is 2.95. The molecule has 12 heteroatoms. The number of benzene rings is 1. The van der Waals surface area contributed by atoms with E-state index in [1.807, 2.05) is 0 Å². The van der Waals surface area contributed by atoms with Crippen molar-refractivity contribution in [3.63, 3.8) is 0 Å². The molecule has 1 aromatic carbocycles. The van der Waals surface area contributed by atoms with Gasteiger partial charge in [0.15, 0.2) is 5.78 Å². The van der Waals surface area contributed by atoms with Gasteiger partial charge in [-0.15, -0.1) is 0 Å². The fourth-order valence-corrected chi connectivity index (χ4v) is 3.79. The van der Waals surface area contributed by atoms with Crippen LogP contribution in [-0.4, -0.2) is 74.9 Å². The van der Waals surface area contributed by atoms with Crippen molar-refractivity contribution in [2.75, 3.05) is 0 Å². The van der Waals surface area contributed by atoms with Gasteiger partial charge in [-0.3, -0.25) is 28.8 Å². The summed E-state index contributed by atoms with van der Waals surface area (Å²) in [5, 5.41) is 15.7. The molecule has 1 aromatic rings. The highest BCUT2D eigenvalue weighted by atomic mass is 16.4. The summed E-state index contributed by atoms with van der Waals surface area (Å²) in [4.78, 5) is 85.2. The van der Waals surface area contributed by atoms with Crippen LogP contribution in [0.5, 0.6) is 0 Å². The van der Waals surface area contributed by atoms with Crippen molar-refractivity contribution >= 4 is 41.7 Å². The maximum atomic E-state index is 13.4. The van der Waals surface area contributed by atoms with Gasteiger partial charge in [-0.1, -0.05) is 18.2 Å². The minimum atomic E-state index is -1.31. The Morgan fingerprint density at radius 2 is 1.80 bits per heavy atom. The van der Waals surface area contributed by atoms with Crippen LogP contribution in [0.3, 0.4) is 0 Å². The molecule has 3 atom stereocenters. The molecule has 35 heavy (non-hydrogen) atoms. The topological polar surface area (TPSA) is 170 Å². The van der Waals surface area contributed by atoms with E-state index < -0.39 is 54.1 Å². The Morgan fingerprint density at radius 1 is 1.14 bits per heavy atom. The van der Waals surface area contributed by atoms with Crippen molar-refractivity contribution in [2.45, 2.75) is 50.7 Å². The lowest BCUT2D eigenvalue weighted by Crippen LogP contribution is -2.62. The summed E-state index contributed by atoms with van der Waals surface area (Å²) < 4.78 is 0. The van der Waals surface area contributed by atoms with Gasteiger partial charge in [-0.25, -0.2) is 10.0 Å². The number of carbonyl (C=O) groups excluding carboxylic acids is 6. The summed E-state index contributed by atoms with van der Waals surface area (Å²) in [6.45, 7) is 1.39. The van der Waals surface area contributed by atoms with E-state index in [1.54, 1.807) is 0 Å². The number of fused-ring (bicyclic) bond motifs is 1. The normalized spacial score (nSPS) is 20.4.